The fraction of sp³-hybridized carbons (Fsp3) is 0.381. The number of rotatable bonds is 3. The molecule has 1 aromatic heterocycles. The van der Waals surface area contributed by atoms with Gasteiger partial charge >= 0.3 is 12.1 Å². The van der Waals surface area contributed by atoms with E-state index in [0.717, 1.165) is 17.7 Å². The smallest absolute Gasteiger partial charge is 0.416 e. The molecule has 1 N–H and O–H groups in total. The first-order chi connectivity index (χ1) is 13.9. The number of alkyl halides is 3. The number of aromatic nitrogens is 1. The van der Waals surface area contributed by atoms with Gasteiger partial charge in [0.15, 0.2) is 0 Å². The molecule has 0 radical (unpaired) electrons. The summed E-state index contributed by atoms with van der Waals surface area (Å²) in [7, 11) is 0. The standard InChI is InChI=1S/C21H21F3N2O4/c1-20(2,3)30-19(28)15-10-13(21(22,23)24)5-6-14(15)18(27)26-17-7-4-12-8-9-29-11-16(12)25-17/h4-7,10H,8-9,11H2,1-3H3,(H,25,26,27). The zero-order valence-corrected chi connectivity index (χ0v) is 16.7. The molecule has 0 fully saturated rings. The van der Waals surface area contributed by atoms with Crippen LogP contribution in [0.5, 0.6) is 0 Å². The maximum Gasteiger partial charge on any atom is 0.416 e. The molecule has 2 heterocycles. The molecule has 0 unspecified atom stereocenters. The van der Waals surface area contributed by atoms with E-state index >= 15 is 0 Å². The van der Waals surface area contributed by atoms with E-state index in [-0.39, 0.29) is 11.4 Å². The van der Waals surface area contributed by atoms with Gasteiger partial charge in [0, 0.05) is 0 Å². The molecule has 1 aliphatic rings. The fourth-order valence-electron chi connectivity index (χ4n) is 2.91. The molecule has 3 rings (SSSR count). The van der Waals surface area contributed by atoms with Gasteiger partial charge in [-0.25, -0.2) is 9.78 Å². The van der Waals surface area contributed by atoms with Gasteiger partial charge in [-0.3, -0.25) is 4.79 Å². The van der Waals surface area contributed by atoms with Gasteiger partial charge in [-0.1, -0.05) is 6.07 Å². The van der Waals surface area contributed by atoms with E-state index in [1.807, 2.05) is 6.07 Å². The summed E-state index contributed by atoms with van der Waals surface area (Å²) in [5.74, 6) is -1.58. The SMILES string of the molecule is CC(C)(C)OC(=O)c1cc(C(F)(F)F)ccc1C(=O)Nc1ccc2c(n1)COCC2. The van der Waals surface area contributed by atoms with Gasteiger partial charge in [0.25, 0.3) is 5.91 Å². The van der Waals surface area contributed by atoms with Crippen LogP contribution in [0.15, 0.2) is 30.3 Å². The van der Waals surface area contributed by atoms with Crippen LogP contribution in [-0.4, -0.2) is 29.1 Å². The van der Waals surface area contributed by atoms with Crippen molar-refractivity contribution in [1.29, 1.82) is 0 Å². The van der Waals surface area contributed by atoms with Gasteiger partial charge in [0.05, 0.1) is 35.6 Å². The van der Waals surface area contributed by atoms with Crippen LogP contribution in [0.3, 0.4) is 0 Å². The van der Waals surface area contributed by atoms with Crippen LogP contribution >= 0.6 is 0 Å². The summed E-state index contributed by atoms with van der Waals surface area (Å²) < 4.78 is 49.9. The molecular formula is C21H21F3N2O4. The molecule has 0 saturated heterocycles. The summed E-state index contributed by atoms with van der Waals surface area (Å²) >= 11 is 0. The highest BCUT2D eigenvalue weighted by Crippen LogP contribution is 2.31. The normalized spacial score (nSPS) is 14.1. The number of pyridine rings is 1. The number of nitrogens with one attached hydrogen (secondary N) is 1. The van der Waals surface area contributed by atoms with Gasteiger partial charge in [-0.2, -0.15) is 13.2 Å². The Morgan fingerprint density at radius 1 is 1.10 bits per heavy atom. The highest BCUT2D eigenvalue weighted by Gasteiger charge is 2.33. The number of anilines is 1. The molecule has 2 aromatic rings. The molecule has 0 saturated carbocycles. The molecule has 160 valence electrons. The zero-order chi connectivity index (χ0) is 22.1. The second-order valence-corrected chi connectivity index (χ2v) is 7.82. The highest BCUT2D eigenvalue weighted by atomic mass is 19.4. The van der Waals surface area contributed by atoms with E-state index in [1.54, 1.807) is 26.8 Å². The van der Waals surface area contributed by atoms with Crippen LogP contribution in [0.25, 0.3) is 0 Å². The summed E-state index contributed by atoms with van der Waals surface area (Å²) in [5.41, 5.74) is -1.03. The minimum Gasteiger partial charge on any atom is -0.456 e. The number of benzene rings is 1. The molecule has 0 atom stereocenters. The number of esters is 1. The van der Waals surface area contributed by atoms with Crippen molar-refractivity contribution in [2.75, 3.05) is 11.9 Å². The van der Waals surface area contributed by atoms with E-state index in [0.29, 0.717) is 31.4 Å². The lowest BCUT2D eigenvalue weighted by molar-refractivity contribution is -0.137. The van der Waals surface area contributed by atoms with Crippen LogP contribution < -0.4 is 5.32 Å². The van der Waals surface area contributed by atoms with Gasteiger partial charge < -0.3 is 14.8 Å². The van der Waals surface area contributed by atoms with E-state index < -0.39 is 34.8 Å². The van der Waals surface area contributed by atoms with Crippen molar-refractivity contribution in [2.24, 2.45) is 0 Å². The third-order valence-electron chi connectivity index (χ3n) is 4.27. The van der Waals surface area contributed by atoms with Crippen molar-refractivity contribution in [3.8, 4) is 0 Å². The number of nitrogens with zero attached hydrogens (tertiary/aromatic N) is 1. The summed E-state index contributed by atoms with van der Waals surface area (Å²) in [6.45, 7) is 5.64. The Morgan fingerprint density at radius 2 is 1.83 bits per heavy atom. The number of hydrogen-bond donors (Lipinski definition) is 1. The summed E-state index contributed by atoms with van der Waals surface area (Å²) in [4.78, 5) is 29.6. The average molecular weight is 422 g/mol. The molecule has 1 aromatic carbocycles. The monoisotopic (exact) mass is 422 g/mol. The third-order valence-corrected chi connectivity index (χ3v) is 4.27. The fourth-order valence-corrected chi connectivity index (χ4v) is 2.91. The molecular weight excluding hydrogens is 401 g/mol. The van der Waals surface area contributed by atoms with Crippen LogP contribution in [0.4, 0.5) is 19.0 Å². The first-order valence-corrected chi connectivity index (χ1v) is 9.26. The van der Waals surface area contributed by atoms with Crippen LogP contribution in [0.2, 0.25) is 0 Å². The quantitative estimate of drug-likeness (QED) is 0.743. The van der Waals surface area contributed by atoms with E-state index in [1.165, 1.54) is 0 Å². The lowest BCUT2D eigenvalue weighted by atomic mass is 10.0. The van der Waals surface area contributed by atoms with Crippen molar-refractivity contribution in [3.63, 3.8) is 0 Å². The number of halogens is 3. The predicted molar refractivity (Wildman–Crippen MR) is 102 cm³/mol. The van der Waals surface area contributed by atoms with E-state index in [9.17, 15) is 22.8 Å². The maximum absolute atomic E-state index is 13.1. The number of hydrogen-bond acceptors (Lipinski definition) is 5. The summed E-state index contributed by atoms with van der Waals surface area (Å²) in [6.07, 6.45) is -3.97. The van der Waals surface area contributed by atoms with Gasteiger partial charge in [-0.15, -0.1) is 0 Å². The minimum absolute atomic E-state index is 0.208. The Labute approximate surface area is 171 Å². The van der Waals surface area contributed by atoms with Gasteiger partial charge in [0.2, 0.25) is 0 Å². The minimum atomic E-state index is -4.67. The lowest BCUT2D eigenvalue weighted by Crippen LogP contribution is -2.26. The Balaban J connectivity index is 1.93. The molecule has 1 aliphatic heterocycles. The maximum atomic E-state index is 13.1. The number of carbonyl (C=O) groups is 2. The Bertz CT molecular complexity index is 981. The van der Waals surface area contributed by atoms with Crippen LogP contribution in [-0.2, 0) is 28.7 Å². The van der Waals surface area contributed by atoms with Crippen molar-refractivity contribution in [1.82, 2.24) is 4.98 Å². The first kappa shape index (κ1) is 21.8. The number of fused-ring (bicyclic) bond motifs is 1. The number of amides is 1. The molecule has 1 amide bonds. The van der Waals surface area contributed by atoms with Gasteiger partial charge in [0.1, 0.15) is 11.4 Å². The van der Waals surface area contributed by atoms with E-state index in [4.69, 9.17) is 9.47 Å². The van der Waals surface area contributed by atoms with Crippen molar-refractivity contribution >= 4 is 17.7 Å². The average Bonchev–Trinajstić information content (AvgIpc) is 2.65. The topological polar surface area (TPSA) is 77.5 Å². The molecule has 30 heavy (non-hydrogen) atoms. The highest BCUT2D eigenvalue weighted by molar-refractivity contribution is 6.11. The third kappa shape index (κ3) is 5.15. The lowest BCUT2D eigenvalue weighted by Gasteiger charge is -2.21. The summed E-state index contributed by atoms with van der Waals surface area (Å²) in [6, 6.07) is 5.73. The molecule has 6 nitrogen and oxygen atoms in total. The first-order valence-electron chi connectivity index (χ1n) is 9.26. The van der Waals surface area contributed by atoms with Crippen molar-refractivity contribution in [2.45, 2.75) is 45.6 Å². The zero-order valence-electron chi connectivity index (χ0n) is 16.7. The van der Waals surface area contributed by atoms with Crippen LogP contribution in [0, 0.1) is 0 Å². The Morgan fingerprint density at radius 3 is 2.50 bits per heavy atom. The van der Waals surface area contributed by atoms with Gasteiger partial charge in [-0.05, 0) is 57.0 Å². The second-order valence-electron chi connectivity index (χ2n) is 7.82. The molecule has 0 bridgehead atoms. The number of ether oxygens (including phenoxy) is 2. The molecule has 0 aliphatic carbocycles. The Hall–Kier alpha value is -2.94. The van der Waals surface area contributed by atoms with Crippen molar-refractivity contribution in [3.05, 3.63) is 58.3 Å². The van der Waals surface area contributed by atoms with Crippen LogP contribution in [0.1, 0.15) is 58.3 Å². The predicted octanol–water partition coefficient (Wildman–Crippen LogP) is 4.38. The summed E-state index contributed by atoms with van der Waals surface area (Å²) in [5, 5.41) is 2.53. The second kappa shape index (κ2) is 8.06. The largest absolute Gasteiger partial charge is 0.456 e. The molecule has 9 heteroatoms. The van der Waals surface area contributed by atoms with Crippen molar-refractivity contribution < 1.29 is 32.2 Å². The number of carbonyl (C=O) groups excluding carboxylic acids is 2. The Kier molecular flexibility index (Phi) is 5.85. The van der Waals surface area contributed by atoms with E-state index in [2.05, 4.69) is 10.3 Å². The molecule has 0 spiro atoms.